The Bertz CT molecular complexity index is 1370. The second-order valence-corrected chi connectivity index (χ2v) is 8.68. The first-order valence-electron chi connectivity index (χ1n) is 12.2. The lowest BCUT2D eigenvalue weighted by Gasteiger charge is -2.27. The lowest BCUT2D eigenvalue weighted by Crippen LogP contribution is -2.29. The summed E-state index contributed by atoms with van der Waals surface area (Å²) in [6, 6.07) is 6.33. The van der Waals surface area contributed by atoms with Gasteiger partial charge in [0.1, 0.15) is 12.0 Å². The van der Waals surface area contributed by atoms with Crippen molar-refractivity contribution in [3.63, 3.8) is 0 Å². The average molecular weight is 512 g/mol. The van der Waals surface area contributed by atoms with Crippen LogP contribution < -0.4 is 25.2 Å². The van der Waals surface area contributed by atoms with Crippen LogP contribution in [0.25, 0.3) is 16.6 Å². The Kier molecular flexibility index (Phi) is 8.17. The average Bonchev–Trinajstić information content (AvgIpc) is 3.16. The zero-order chi connectivity index (χ0) is 26.5. The van der Waals surface area contributed by atoms with Crippen molar-refractivity contribution in [2.75, 3.05) is 39.3 Å². The molecule has 1 aliphatic heterocycles. The van der Waals surface area contributed by atoms with E-state index in [9.17, 15) is 4.79 Å². The summed E-state index contributed by atoms with van der Waals surface area (Å²) in [4.78, 5) is 24.1. The second-order valence-electron chi connectivity index (χ2n) is 8.68. The Morgan fingerprint density at radius 2 is 1.89 bits per heavy atom. The quantitative estimate of drug-likeness (QED) is 0.455. The van der Waals surface area contributed by atoms with E-state index in [-0.39, 0.29) is 35.3 Å². The maximum Gasteiger partial charge on any atom is 0.265 e. The third-order valence-electron chi connectivity index (χ3n) is 6.48. The molecule has 2 heterocycles. The van der Waals surface area contributed by atoms with Gasteiger partial charge in [0.05, 0.1) is 36.9 Å². The molecule has 1 aliphatic rings. The van der Waals surface area contributed by atoms with Crippen molar-refractivity contribution >= 4 is 34.2 Å². The van der Waals surface area contributed by atoms with Crippen molar-refractivity contribution in [3.05, 3.63) is 58.7 Å². The molecule has 10 heteroatoms. The Labute approximate surface area is 214 Å². The molecule has 0 spiro atoms. The van der Waals surface area contributed by atoms with Gasteiger partial charge >= 0.3 is 0 Å². The number of halogens is 2. The molecule has 8 nitrogen and oxygen atoms in total. The fourth-order valence-corrected chi connectivity index (χ4v) is 4.37. The first-order valence-corrected chi connectivity index (χ1v) is 12.2. The number of benzene rings is 2. The largest absolute Gasteiger partial charge is 0.493 e. The lowest BCUT2D eigenvalue weighted by molar-refractivity contribution is 0.359. The van der Waals surface area contributed by atoms with E-state index in [1.54, 1.807) is 31.5 Å². The number of ether oxygens (including phenoxy) is 2. The molecule has 2 aromatic carbocycles. The molecule has 196 valence electrons. The Balaban J connectivity index is 1.87. The summed E-state index contributed by atoms with van der Waals surface area (Å²) in [5.74, 6) is -2.05. The molecule has 3 aromatic rings. The van der Waals surface area contributed by atoms with E-state index < -0.39 is 11.6 Å². The summed E-state index contributed by atoms with van der Waals surface area (Å²) in [5, 5.41) is 3.31. The SMILES string of the molecule is CCC1CCC=C(n2cnc3ccc(N(CCNC)c4c(F)c(OC)cc(OC)c4F)cc3c2=O)C=N1. The van der Waals surface area contributed by atoms with Crippen LogP contribution >= 0.6 is 0 Å². The maximum absolute atomic E-state index is 15.4. The molecular formula is C27H31F2N5O3. The normalized spacial score (nSPS) is 15.4. The minimum atomic E-state index is -0.870. The molecule has 4 rings (SSSR count). The number of rotatable bonds is 9. The van der Waals surface area contributed by atoms with E-state index in [4.69, 9.17) is 9.47 Å². The minimum Gasteiger partial charge on any atom is -0.493 e. The lowest BCUT2D eigenvalue weighted by atomic mass is 10.1. The van der Waals surface area contributed by atoms with Crippen LogP contribution in [-0.4, -0.2) is 56.2 Å². The fraction of sp³-hybridized carbons (Fsp3) is 0.370. The number of allylic oxidation sites excluding steroid dienone is 2. The van der Waals surface area contributed by atoms with Gasteiger partial charge in [0, 0.05) is 31.1 Å². The summed E-state index contributed by atoms with van der Waals surface area (Å²) >= 11 is 0. The van der Waals surface area contributed by atoms with Gasteiger partial charge in [0.2, 0.25) is 0 Å². The number of aromatic nitrogens is 2. The summed E-state index contributed by atoms with van der Waals surface area (Å²) in [7, 11) is 4.34. The Hall–Kier alpha value is -3.79. The molecule has 0 aliphatic carbocycles. The third-order valence-corrected chi connectivity index (χ3v) is 6.48. The van der Waals surface area contributed by atoms with Gasteiger partial charge < -0.3 is 19.7 Å². The summed E-state index contributed by atoms with van der Waals surface area (Å²) in [6.07, 6.45) is 7.82. The predicted octanol–water partition coefficient (Wildman–Crippen LogP) is 4.53. The van der Waals surface area contributed by atoms with Crippen LogP contribution in [-0.2, 0) is 0 Å². The van der Waals surface area contributed by atoms with Crippen LogP contribution in [0.4, 0.5) is 20.2 Å². The van der Waals surface area contributed by atoms with Crippen molar-refractivity contribution < 1.29 is 18.3 Å². The van der Waals surface area contributed by atoms with Crippen LogP contribution in [0.5, 0.6) is 11.5 Å². The molecule has 0 amide bonds. The number of nitrogens with one attached hydrogen (secondary N) is 1. The molecule has 1 N–H and O–H groups in total. The van der Waals surface area contributed by atoms with Crippen molar-refractivity contribution in [2.45, 2.75) is 32.2 Å². The molecule has 0 saturated heterocycles. The Morgan fingerprint density at radius 3 is 2.54 bits per heavy atom. The number of anilines is 2. The van der Waals surface area contributed by atoms with Crippen molar-refractivity contribution in [1.29, 1.82) is 0 Å². The first-order chi connectivity index (χ1) is 17.9. The zero-order valence-corrected chi connectivity index (χ0v) is 21.4. The van der Waals surface area contributed by atoms with E-state index in [1.165, 1.54) is 36.1 Å². The van der Waals surface area contributed by atoms with Gasteiger partial charge in [-0.15, -0.1) is 0 Å². The van der Waals surface area contributed by atoms with Gasteiger partial charge in [0.25, 0.3) is 5.56 Å². The monoisotopic (exact) mass is 511 g/mol. The van der Waals surface area contributed by atoms with Crippen LogP contribution in [0.2, 0.25) is 0 Å². The van der Waals surface area contributed by atoms with E-state index in [2.05, 4.69) is 22.2 Å². The molecule has 1 unspecified atom stereocenters. The summed E-state index contributed by atoms with van der Waals surface area (Å²) in [5.41, 5.74) is 0.918. The topological polar surface area (TPSA) is 81.0 Å². The van der Waals surface area contributed by atoms with Gasteiger partial charge in [0.15, 0.2) is 23.1 Å². The maximum atomic E-state index is 15.4. The Morgan fingerprint density at radius 1 is 1.16 bits per heavy atom. The highest BCUT2D eigenvalue weighted by Gasteiger charge is 2.26. The van der Waals surface area contributed by atoms with Gasteiger partial charge in [-0.05, 0) is 44.5 Å². The van der Waals surface area contributed by atoms with E-state index in [0.717, 1.165) is 19.3 Å². The first kappa shape index (κ1) is 26.3. The number of nitrogens with zero attached hydrogens (tertiary/aromatic N) is 4. The molecule has 1 aromatic heterocycles. The van der Waals surface area contributed by atoms with Crippen molar-refractivity contribution in [2.24, 2.45) is 4.99 Å². The van der Waals surface area contributed by atoms with Crippen LogP contribution in [0.1, 0.15) is 26.2 Å². The number of methoxy groups -OCH3 is 2. The third kappa shape index (κ3) is 5.20. The fourth-order valence-electron chi connectivity index (χ4n) is 4.37. The van der Waals surface area contributed by atoms with E-state index in [1.807, 2.05) is 6.08 Å². The summed E-state index contributed by atoms with van der Waals surface area (Å²) in [6.45, 7) is 2.70. The number of fused-ring (bicyclic) bond motifs is 1. The molecular weight excluding hydrogens is 480 g/mol. The zero-order valence-electron chi connectivity index (χ0n) is 21.4. The van der Waals surface area contributed by atoms with Gasteiger partial charge in [-0.1, -0.05) is 13.0 Å². The highest BCUT2D eigenvalue weighted by Crippen LogP contribution is 2.40. The number of hydrogen-bond donors (Lipinski definition) is 1. The van der Waals surface area contributed by atoms with Gasteiger partial charge in [-0.3, -0.25) is 14.4 Å². The molecule has 0 saturated carbocycles. The van der Waals surface area contributed by atoms with Crippen LogP contribution in [0.3, 0.4) is 0 Å². The molecule has 37 heavy (non-hydrogen) atoms. The van der Waals surface area contributed by atoms with Gasteiger partial charge in [-0.2, -0.15) is 0 Å². The molecule has 0 radical (unpaired) electrons. The van der Waals surface area contributed by atoms with Crippen molar-refractivity contribution in [1.82, 2.24) is 14.9 Å². The van der Waals surface area contributed by atoms with Gasteiger partial charge in [-0.25, -0.2) is 13.8 Å². The van der Waals surface area contributed by atoms with Crippen molar-refractivity contribution in [3.8, 4) is 11.5 Å². The standard InChI is InChI=1S/C27H31F2N5O3/c1-5-17-7-6-8-19(15-31-17)34-16-32-21-10-9-18(13-20(21)27(34)35)33(12-11-30-2)26-24(28)22(36-3)14-23(37-4)25(26)29/h8-10,13-17,30H,5-7,11-12H2,1-4H3. The van der Waals surface area contributed by atoms with Crippen LogP contribution in [0, 0.1) is 11.6 Å². The van der Waals surface area contributed by atoms with Crippen LogP contribution in [0.15, 0.2) is 46.5 Å². The predicted molar refractivity (Wildman–Crippen MR) is 142 cm³/mol. The summed E-state index contributed by atoms with van der Waals surface area (Å²) < 4.78 is 42.6. The smallest absolute Gasteiger partial charge is 0.265 e. The number of aliphatic imine (C=N–C) groups is 1. The highest BCUT2D eigenvalue weighted by atomic mass is 19.1. The minimum absolute atomic E-state index is 0.155. The number of likely N-dealkylation sites (N-methyl/N-ethyl adjacent to an activating group) is 1. The molecule has 1 atom stereocenters. The number of hydrogen-bond acceptors (Lipinski definition) is 7. The van der Waals surface area contributed by atoms with E-state index >= 15 is 8.78 Å². The molecule has 0 bridgehead atoms. The van der Waals surface area contributed by atoms with E-state index in [0.29, 0.717) is 28.8 Å². The second kappa shape index (κ2) is 11.5. The highest BCUT2D eigenvalue weighted by molar-refractivity contribution is 6.03. The molecule has 0 fully saturated rings.